The molecule has 1 N–H and O–H groups in total. The van der Waals surface area contributed by atoms with Gasteiger partial charge >= 0.3 is 0 Å². The number of H-pyrrole nitrogens is 1. The van der Waals surface area contributed by atoms with Crippen LogP contribution in [0.4, 0.5) is 0 Å². The van der Waals surface area contributed by atoms with E-state index < -0.39 is 0 Å². The molecule has 178 valence electrons. The number of benzene rings is 1. The summed E-state index contributed by atoms with van der Waals surface area (Å²) in [5.41, 5.74) is 9.78. The van der Waals surface area contributed by atoms with Crippen molar-refractivity contribution in [3.63, 3.8) is 0 Å². The lowest BCUT2D eigenvalue weighted by Gasteiger charge is -2.31. The first kappa shape index (κ1) is 22.9. The number of fused-ring (bicyclic) bond motifs is 2. The van der Waals surface area contributed by atoms with Gasteiger partial charge in [-0.3, -0.25) is 9.69 Å². The highest BCUT2D eigenvalue weighted by atomic mass is 16.1. The molecule has 5 nitrogen and oxygen atoms in total. The second-order valence-corrected chi connectivity index (χ2v) is 10.3. The van der Waals surface area contributed by atoms with Gasteiger partial charge in [-0.05, 0) is 93.1 Å². The SMILES string of the molecule is CCC(=O)CN1CCC(c2ccc3[nH]c(-c4cc(C)n5nc(C)cc5c4)c(C(C)C)c3c2)CC1. The summed E-state index contributed by atoms with van der Waals surface area (Å²) >= 11 is 0. The summed E-state index contributed by atoms with van der Waals surface area (Å²) in [7, 11) is 0. The van der Waals surface area contributed by atoms with Crippen molar-refractivity contribution in [3.05, 3.63) is 58.9 Å². The largest absolute Gasteiger partial charge is 0.354 e. The zero-order valence-electron chi connectivity index (χ0n) is 21.1. The minimum atomic E-state index is 0.348. The number of likely N-dealkylation sites (tertiary alicyclic amines) is 1. The smallest absolute Gasteiger partial charge is 0.146 e. The Morgan fingerprint density at radius 2 is 1.88 bits per heavy atom. The molecule has 1 fully saturated rings. The number of carbonyl (C=O) groups is 1. The highest BCUT2D eigenvalue weighted by Gasteiger charge is 2.23. The van der Waals surface area contributed by atoms with Gasteiger partial charge in [0.05, 0.1) is 23.4 Å². The number of nitrogens with one attached hydrogen (secondary N) is 1. The number of Topliss-reactive ketones (excluding diaryl/α,β-unsaturated/α-hetero) is 1. The number of aromatic amines is 1. The molecule has 0 radical (unpaired) electrons. The highest BCUT2D eigenvalue weighted by molar-refractivity contribution is 5.92. The Kier molecular flexibility index (Phi) is 6.07. The van der Waals surface area contributed by atoms with E-state index in [1.54, 1.807) is 0 Å². The van der Waals surface area contributed by atoms with Crippen molar-refractivity contribution >= 4 is 22.2 Å². The summed E-state index contributed by atoms with van der Waals surface area (Å²) in [6.45, 7) is 13.3. The maximum atomic E-state index is 11.8. The van der Waals surface area contributed by atoms with E-state index in [1.165, 1.54) is 33.3 Å². The van der Waals surface area contributed by atoms with Crippen LogP contribution in [0, 0.1) is 13.8 Å². The summed E-state index contributed by atoms with van der Waals surface area (Å²) < 4.78 is 2.02. The molecule has 5 heteroatoms. The van der Waals surface area contributed by atoms with Crippen LogP contribution >= 0.6 is 0 Å². The molecule has 1 saturated heterocycles. The van der Waals surface area contributed by atoms with E-state index in [0.717, 1.165) is 42.8 Å². The number of pyridine rings is 1. The summed E-state index contributed by atoms with van der Waals surface area (Å²) in [5, 5.41) is 5.96. The Labute approximate surface area is 202 Å². The molecule has 0 saturated carbocycles. The average Bonchev–Trinajstić information content (AvgIpc) is 3.39. The Bertz CT molecular complexity index is 1350. The second kappa shape index (κ2) is 9.03. The number of nitrogens with zero attached hydrogens (tertiary/aromatic N) is 3. The number of carbonyl (C=O) groups excluding carboxylic acids is 1. The van der Waals surface area contributed by atoms with Gasteiger partial charge in [0.25, 0.3) is 0 Å². The normalized spacial score (nSPS) is 15.7. The lowest BCUT2D eigenvalue weighted by Crippen LogP contribution is -2.36. The zero-order chi connectivity index (χ0) is 24.0. The molecular weight excluding hydrogens is 420 g/mol. The van der Waals surface area contributed by atoms with E-state index in [4.69, 9.17) is 0 Å². The molecule has 1 aliphatic heterocycles. The van der Waals surface area contributed by atoms with Crippen LogP contribution in [0.15, 0.2) is 36.4 Å². The van der Waals surface area contributed by atoms with E-state index in [9.17, 15) is 4.79 Å². The molecule has 34 heavy (non-hydrogen) atoms. The van der Waals surface area contributed by atoms with Crippen LogP contribution in [0.3, 0.4) is 0 Å². The quantitative estimate of drug-likeness (QED) is 0.366. The minimum Gasteiger partial charge on any atom is -0.354 e. The van der Waals surface area contributed by atoms with Crippen LogP contribution in [0.25, 0.3) is 27.7 Å². The number of aromatic nitrogens is 3. The molecule has 0 aliphatic carbocycles. The van der Waals surface area contributed by atoms with Crippen molar-refractivity contribution in [1.29, 1.82) is 0 Å². The van der Waals surface area contributed by atoms with Gasteiger partial charge in [-0.15, -0.1) is 0 Å². The first-order valence-corrected chi connectivity index (χ1v) is 12.7. The number of hydrogen-bond donors (Lipinski definition) is 1. The Morgan fingerprint density at radius 1 is 1.12 bits per heavy atom. The lowest BCUT2D eigenvalue weighted by atomic mass is 9.87. The number of piperidine rings is 1. The van der Waals surface area contributed by atoms with Crippen molar-refractivity contribution in [2.75, 3.05) is 19.6 Å². The number of hydrogen-bond acceptors (Lipinski definition) is 3. The third-order valence-electron chi connectivity index (χ3n) is 7.44. The van der Waals surface area contributed by atoms with Crippen molar-refractivity contribution in [2.24, 2.45) is 0 Å². The Balaban J connectivity index is 1.49. The van der Waals surface area contributed by atoms with Gasteiger partial charge in [-0.1, -0.05) is 26.8 Å². The monoisotopic (exact) mass is 456 g/mol. The predicted molar refractivity (Wildman–Crippen MR) is 140 cm³/mol. The number of ketones is 1. The van der Waals surface area contributed by atoms with Gasteiger partial charge in [0, 0.05) is 28.6 Å². The van der Waals surface area contributed by atoms with E-state index >= 15 is 0 Å². The molecule has 4 aromatic rings. The summed E-state index contributed by atoms with van der Waals surface area (Å²) in [6, 6.07) is 13.6. The maximum absolute atomic E-state index is 11.8. The van der Waals surface area contributed by atoms with Crippen LogP contribution in [0.1, 0.15) is 74.4 Å². The van der Waals surface area contributed by atoms with Crippen molar-refractivity contribution < 1.29 is 4.79 Å². The second-order valence-electron chi connectivity index (χ2n) is 10.3. The fourth-order valence-corrected chi connectivity index (χ4v) is 5.63. The number of aryl methyl sites for hydroxylation is 2. The van der Waals surface area contributed by atoms with E-state index in [1.807, 2.05) is 18.4 Å². The van der Waals surface area contributed by atoms with E-state index in [0.29, 0.717) is 30.6 Å². The molecule has 5 rings (SSSR count). The van der Waals surface area contributed by atoms with E-state index in [-0.39, 0.29) is 0 Å². The zero-order valence-corrected chi connectivity index (χ0v) is 21.1. The molecule has 0 amide bonds. The first-order valence-electron chi connectivity index (χ1n) is 12.7. The lowest BCUT2D eigenvalue weighted by molar-refractivity contribution is -0.120. The topological polar surface area (TPSA) is 53.4 Å². The molecule has 0 spiro atoms. The molecule has 1 aliphatic rings. The third-order valence-corrected chi connectivity index (χ3v) is 7.44. The first-order chi connectivity index (χ1) is 16.3. The molecule has 0 unspecified atom stereocenters. The fourth-order valence-electron chi connectivity index (χ4n) is 5.63. The van der Waals surface area contributed by atoms with Gasteiger partial charge in [-0.2, -0.15) is 5.10 Å². The minimum absolute atomic E-state index is 0.348. The van der Waals surface area contributed by atoms with Gasteiger partial charge in [0.2, 0.25) is 0 Å². The third kappa shape index (κ3) is 4.18. The van der Waals surface area contributed by atoms with Crippen LogP contribution in [0.5, 0.6) is 0 Å². The molecule has 3 aromatic heterocycles. The Morgan fingerprint density at radius 3 is 2.59 bits per heavy atom. The Hall–Kier alpha value is -2.92. The van der Waals surface area contributed by atoms with Crippen LogP contribution in [0.2, 0.25) is 0 Å². The van der Waals surface area contributed by atoms with Crippen molar-refractivity contribution in [2.45, 2.75) is 65.7 Å². The average molecular weight is 457 g/mol. The van der Waals surface area contributed by atoms with E-state index in [2.05, 4.69) is 72.2 Å². The predicted octanol–water partition coefficient (Wildman–Crippen LogP) is 6.38. The van der Waals surface area contributed by atoms with Crippen LogP contribution < -0.4 is 0 Å². The summed E-state index contributed by atoms with van der Waals surface area (Å²) in [4.78, 5) is 17.9. The van der Waals surface area contributed by atoms with Crippen LogP contribution in [-0.2, 0) is 4.79 Å². The molecular formula is C29H36N4O. The number of rotatable bonds is 6. The van der Waals surface area contributed by atoms with Crippen molar-refractivity contribution in [3.8, 4) is 11.3 Å². The molecule has 0 bridgehead atoms. The molecule has 0 atom stereocenters. The maximum Gasteiger partial charge on any atom is 0.146 e. The standard InChI is InChI=1S/C29H36N4O/c1-6-25(34)17-32-11-9-21(10-12-32)22-7-8-27-26(16-22)28(18(2)3)29(30-27)23-14-20(5)33-24(15-23)13-19(4)31-33/h7-8,13-16,18,21,30H,6,9-12,17H2,1-5H3. The molecule has 4 heterocycles. The highest BCUT2D eigenvalue weighted by Crippen LogP contribution is 2.39. The van der Waals surface area contributed by atoms with Gasteiger partial charge in [0.1, 0.15) is 5.78 Å². The van der Waals surface area contributed by atoms with Crippen molar-refractivity contribution in [1.82, 2.24) is 19.5 Å². The summed E-state index contributed by atoms with van der Waals surface area (Å²) in [5.74, 6) is 1.31. The molecule has 1 aromatic carbocycles. The van der Waals surface area contributed by atoms with Gasteiger partial charge in [-0.25, -0.2) is 4.52 Å². The fraction of sp³-hybridized carbons (Fsp3) is 0.448. The van der Waals surface area contributed by atoms with Gasteiger partial charge in [0.15, 0.2) is 0 Å². The summed E-state index contributed by atoms with van der Waals surface area (Å²) in [6.07, 6.45) is 2.87. The van der Waals surface area contributed by atoms with Crippen LogP contribution in [-0.4, -0.2) is 44.9 Å². The van der Waals surface area contributed by atoms with Gasteiger partial charge < -0.3 is 4.98 Å².